The van der Waals surface area contributed by atoms with Crippen LogP contribution in [0, 0.1) is 0 Å². The molecule has 0 amide bonds. The number of nitrogen functional groups attached to an aromatic ring is 1. The van der Waals surface area contributed by atoms with Crippen LogP contribution >= 0.6 is 0 Å². The van der Waals surface area contributed by atoms with E-state index in [4.69, 9.17) is 16.5 Å². The highest BCUT2D eigenvalue weighted by Crippen LogP contribution is 2.33. The van der Waals surface area contributed by atoms with Crippen LogP contribution in [0.1, 0.15) is 37.3 Å². The smallest absolute Gasteiger partial charge is 0.177 e. The Bertz CT molecular complexity index is 1110. The second-order valence-corrected chi connectivity index (χ2v) is 7.65. The van der Waals surface area contributed by atoms with Gasteiger partial charge in [-0.2, -0.15) is 5.10 Å². The third-order valence-corrected chi connectivity index (χ3v) is 5.57. The molecule has 0 unspecified atom stereocenters. The first kappa shape index (κ1) is 17.7. The van der Waals surface area contributed by atoms with E-state index in [0.29, 0.717) is 17.8 Å². The molecule has 3 heterocycles. The third kappa shape index (κ3) is 3.54. The summed E-state index contributed by atoms with van der Waals surface area (Å²) < 4.78 is 3.60. The molecule has 1 saturated carbocycles. The molecule has 0 aliphatic heterocycles. The van der Waals surface area contributed by atoms with Crippen LogP contribution in [0.3, 0.4) is 0 Å². The van der Waals surface area contributed by atoms with E-state index in [9.17, 15) is 0 Å². The maximum Gasteiger partial charge on any atom is 0.177 e. The molecule has 0 saturated heterocycles. The van der Waals surface area contributed by atoms with Crippen LogP contribution < -0.4 is 16.8 Å². The average molecular weight is 388 g/mol. The lowest BCUT2D eigenvalue weighted by atomic mass is 9.85. The minimum Gasteiger partial charge on any atom is -0.382 e. The van der Waals surface area contributed by atoms with Gasteiger partial charge in [0.25, 0.3) is 0 Å². The summed E-state index contributed by atoms with van der Waals surface area (Å²) in [6.07, 6.45) is 9.90. The Morgan fingerprint density at radius 2 is 1.86 bits per heavy atom. The van der Waals surface area contributed by atoms with Crippen molar-refractivity contribution in [1.29, 1.82) is 0 Å². The van der Waals surface area contributed by atoms with Gasteiger partial charge in [-0.1, -0.05) is 0 Å². The normalized spacial score (nSPS) is 19.5. The number of rotatable bonds is 4. The highest BCUT2D eigenvalue weighted by molar-refractivity contribution is 5.76. The fourth-order valence-electron chi connectivity index (χ4n) is 3.99. The van der Waals surface area contributed by atoms with Gasteiger partial charge in [0.05, 0.1) is 23.3 Å². The molecule has 1 aliphatic rings. The Morgan fingerprint density at radius 1 is 1.07 bits per heavy atom. The summed E-state index contributed by atoms with van der Waals surface area (Å²) in [7, 11) is 0. The fourth-order valence-corrected chi connectivity index (χ4v) is 3.99. The van der Waals surface area contributed by atoms with E-state index in [-0.39, 0.29) is 0 Å². The first-order valence-corrected chi connectivity index (χ1v) is 9.94. The molecule has 0 atom stereocenters. The summed E-state index contributed by atoms with van der Waals surface area (Å²) in [4.78, 5) is 4.88. The van der Waals surface area contributed by atoms with Crippen molar-refractivity contribution < 1.29 is 0 Å². The SMILES string of the molecule is Nc1cc(Nc2ccc(-n3cccn3)cc2)c2nc(C3CCC(N)CC3)cn2n1. The molecular formula is C21H24N8. The van der Waals surface area contributed by atoms with Crippen molar-refractivity contribution in [2.24, 2.45) is 5.73 Å². The van der Waals surface area contributed by atoms with E-state index in [1.165, 1.54) is 0 Å². The molecule has 0 radical (unpaired) electrons. The van der Waals surface area contributed by atoms with Gasteiger partial charge < -0.3 is 16.8 Å². The Balaban J connectivity index is 1.43. The molecule has 29 heavy (non-hydrogen) atoms. The van der Waals surface area contributed by atoms with Gasteiger partial charge in [-0.25, -0.2) is 14.2 Å². The number of anilines is 3. The Hall–Kier alpha value is -3.39. The van der Waals surface area contributed by atoms with Gasteiger partial charge in [-0.05, 0) is 56.0 Å². The summed E-state index contributed by atoms with van der Waals surface area (Å²) in [6, 6.07) is 12.1. The number of hydrogen-bond donors (Lipinski definition) is 3. The van der Waals surface area contributed by atoms with Crippen molar-refractivity contribution in [2.45, 2.75) is 37.6 Å². The quantitative estimate of drug-likeness (QED) is 0.495. The van der Waals surface area contributed by atoms with E-state index >= 15 is 0 Å². The van der Waals surface area contributed by atoms with Crippen molar-refractivity contribution in [3.63, 3.8) is 0 Å². The molecule has 1 aliphatic carbocycles. The van der Waals surface area contributed by atoms with E-state index in [1.807, 2.05) is 53.5 Å². The van der Waals surface area contributed by atoms with Crippen LogP contribution in [0.2, 0.25) is 0 Å². The van der Waals surface area contributed by atoms with Gasteiger partial charge in [0.1, 0.15) is 5.82 Å². The maximum absolute atomic E-state index is 6.05. The molecule has 1 aromatic carbocycles. The summed E-state index contributed by atoms with van der Waals surface area (Å²) in [6.45, 7) is 0. The maximum atomic E-state index is 6.05. The zero-order valence-electron chi connectivity index (χ0n) is 16.1. The van der Waals surface area contributed by atoms with Gasteiger partial charge in [-0.15, -0.1) is 5.10 Å². The number of benzene rings is 1. The van der Waals surface area contributed by atoms with E-state index in [0.717, 1.165) is 54.1 Å². The number of nitrogens with two attached hydrogens (primary N) is 2. The fraction of sp³-hybridized carbons (Fsp3) is 0.286. The van der Waals surface area contributed by atoms with Gasteiger partial charge in [0.2, 0.25) is 0 Å². The summed E-state index contributed by atoms with van der Waals surface area (Å²) >= 11 is 0. The molecule has 1 fully saturated rings. The van der Waals surface area contributed by atoms with Crippen LogP contribution in [0.25, 0.3) is 11.3 Å². The van der Waals surface area contributed by atoms with Crippen molar-refractivity contribution in [2.75, 3.05) is 11.1 Å². The molecule has 8 heteroatoms. The largest absolute Gasteiger partial charge is 0.382 e. The average Bonchev–Trinajstić information content (AvgIpc) is 3.39. The van der Waals surface area contributed by atoms with E-state index in [1.54, 1.807) is 10.7 Å². The van der Waals surface area contributed by atoms with Gasteiger partial charge in [-0.3, -0.25) is 0 Å². The molecule has 5 N–H and O–H groups in total. The molecule has 0 bridgehead atoms. The van der Waals surface area contributed by atoms with Gasteiger partial charge in [0, 0.05) is 36.1 Å². The predicted molar refractivity (Wildman–Crippen MR) is 113 cm³/mol. The minimum atomic E-state index is 0.319. The third-order valence-electron chi connectivity index (χ3n) is 5.57. The zero-order chi connectivity index (χ0) is 19.8. The first-order valence-electron chi connectivity index (χ1n) is 9.94. The van der Waals surface area contributed by atoms with E-state index in [2.05, 4.69) is 15.5 Å². The number of aromatic nitrogens is 5. The number of fused-ring (bicyclic) bond motifs is 1. The lowest BCUT2D eigenvalue weighted by Gasteiger charge is -2.24. The van der Waals surface area contributed by atoms with Gasteiger partial charge in [0.15, 0.2) is 5.65 Å². The lowest BCUT2D eigenvalue weighted by Crippen LogP contribution is -2.25. The standard InChI is InChI=1S/C21H24N8/c22-15-4-2-14(3-5-15)19-13-29-21(26-19)18(12-20(23)27-29)25-16-6-8-17(9-7-16)28-11-1-10-24-28/h1,6-15,25H,2-5,22H2,(H2,23,27). The van der Waals surface area contributed by atoms with Crippen molar-refractivity contribution in [3.05, 3.63) is 60.7 Å². The van der Waals surface area contributed by atoms with Crippen LogP contribution in [0.4, 0.5) is 17.2 Å². The van der Waals surface area contributed by atoms with Crippen molar-refractivity contribution in [3.8, 4) is 5.69 Å². The lowest BCUT2D eigenvalue weighted by molar-refractivity contribution is 0.391. The minimum absolute atomic E-state index is 0.319. The second kappa shape index (κ2) is 7.21. The molecule has 4 aromatic rings. The predicted octanol–water partition coefficient (Wildman–Crippen LogP) is 3.23. The zero-order valence-corrected chi connectivity index (χ0v) is 16.1. The molecule has 0 spiro atoms. The van der Waals surface area contributed by atoms with Crippen LogP contribution in [0.5, 0.6) is 0 Å². The Morgan fingerprint density at radius 3 is 2.59 bits per heavy atom. The molecule has 3 aromatic heterocycles. The number of nitrogens with one attached hydrogen (secondary N) is 1. The molecule has 5 rings (SSSR count). The highest BCUT2D eigenvalue weighted by Gasteiger charge is 2.23. The summed E-state index contributed by atoms with van der Waals surface area (Å²) in [5.41, 5.74) is 16.7. The van der Waals surface area contributed by atoms with Crippen LogP contribution in [-0.4, -0.2) is 30.4 Å². The number of imidazole rings is 1. The summed E-state index contributed by atoms with van der Waals surface area (Å²) in [5, 5.41) is 12.1. The van der Waals surface area contributed by atoms with Crippen molar-refractivity contribution in [1.82, 2.24) is 24.4 Å². The number of nitrogens with zero attached hydrogens (tertiary/aromatic N) is 5. The van der Waals surface area contributed by atoms with Gasteiger partial charge >= 0.3 is 0 Å². The van der Waals surface area contributed by atoms with Crippen LogP contribution in [0.15, 0.2) is 55.0 Å². The molecule has 8 nitrogen and oxygen atoms in total. The second-order valence-electron chi connectivity index (χ2n) is 7.65. The molecule has 148 valence electrons. The first-order chi connectivity index (χ1) is 14.2. The van der Waals surface area contributed by atoms with E-state index < -0.39 is 0 Å². The highest BCUT2D eigenvalue weighted by atomic mass is 15.3. The Labute approximate surface area is 168 Å². The summed E-state index contributed by atoms with van der Waals surface area (Å²) in [5.74, 6) is 0.877. The van der Waals surface area contributed by atoms with Crippen molar-refractivity contribution >= 4 is 22.8 Å². The topological polar surface area (TPSA) is 112 Å². The monoisotopic (exact) mass is 388 g/mol. The van der Waals surface area contributed by atoms with Crippen LogP contribution in [-0.2, 0) is 0 Å². The Kier molecular flexibility index (Phi) is 4.40. The number of hydrogen-bond acceptors (Lipinski definition) is 6. The molecular weight excluding hydrogens is 364 g/mol.